The Kier molecular flexibility index (Phi) is 5.64. The van der Waals surface area contributed by atoms with Gasteiger partial charge in [-0.25, -0.2) is 0 Å². The largest absolute Gasteiger partial charge is 0.460 e. The summed E-state index contributed by atoms with van der Waals surface area (Å²) in [5.41, 5.74) is -1.37. The zero-order chi connectivity index (χ0) is 14.6. The van der Waals surface area contributed by atoms with E-state index in [1.165, 1.54) is 0 Å². The molecule has 0 saturated carbocycles. The van der Waals surface area contributed by atoms with E-state index in [4.69, 9.17) is 4.74 Å². The van der Waals surface area contributed by atoms with Gasteiger partial charge >= 0.3 is 18.0 Å². The number of allylic oxidation sites excluding steroid dienone is 1. The van der Waals surface area contributed by atoms with Gasteiger partial charge in [-0.3, -0.25) is 0 Å². The van der Waals surface area contributed by atoms with Crippen molar-refractivity contribution in [3.63, 3.8) is 0 Å². The van der Waals surface area contributed by atoms with Gasteiger partial charge in [0.15, 0.2) is 0 Å². The summed E-state index contributed by atoms with van der Waals surface area (Å²) in [4.78, 5) is 0. The molecule has 0 bridgehead atoms. The molecule has 108 valence electrons. The van der Waals surface area contributed by atoms with Crippen LogP contribution in [0.5, 0.6) is 0 Å². The minimum atomic E-state index is -6.31. The first-order chi connectivity index (χ1) is 7.98. The molecular weight excluding hydrogens is 269 g/mol. The molecule has 0 N–H and O–H groups in total. The lowest BCUT2D eigenvalue weighted by Gasteiger charge is -2.28. The summed E-state index contributed by atoms with van der Waals surface area (Å²) < 4.78 is 91.4. The van der Waals surface area contributed by atoms with Gasteiger partial charge in [-0.1, -0.05) is 13.0 Å². The zero-order valence-corrected chi connectivity index (χ0v) is 9.75. The third-order valence-electron chi connectivity index (χ3n) is 2.10. The van der Waals surface area contributed by atoms with Gasteiger partial charge in [-0.2, -0.15) is 30.7 Å². The summed E-state index contributed by atoms with van der Waals surface area (Å²) in [6.45, 7) is 1.99. The van der Waals surface area contributed by atoms with E-state index in [9.17, 15) is 30.7 Å². The molecule has 0 aliphatic carbocycles. The number of hydrogen-bond acceptors (Lipinski definition) is 1. The molecule has 0 heterocycles. The van der Waals surface area contributed by atoms with Crippen molar-refractivity contribution in [2.45, 2.75) is 38.3 Å². The van der Waals surface area contributed by atoms with Gasteiger partial charge < -0.3 is 4.74 Å². The summed E-state index contributed by atoms with van der Waals surface area (Å²) in [6, 6.07) is 0. The van der Waals surface area contributed by atoms with Crippen LogP contribution in [-0.2, 0) is 4.74 Å². The smallest absolute Gasteiger partial charge is 0.377 e. The maximum Gasteiger partial charge on any atom is 0.460 e. The maximum absolute atomic E-state index is 13.0. The molecule has 0 aromatic carbocycles. The van der Waals surface area contributed by atoms with E-state index >= 15 is 0 Å². The van der Waals surface area contributed by atoms with Gasteiger partial charge in [0.05, 0.1) is 6.61 Å². The average molecular weight is 282 g/mol. The van der Waals surface area contributed by atoms with Crippen molar-refractivity contribution in [3.05, 3.63) is 11.6 Å². The van der Waals surface area contributed by atoms with Gasteiger partial charge in [-0.05, 0) is 13.3 Å². The zero-order valence-electron chi connectivity index (χ0n) is 9.75. The Labute approximate surface area is 99.6 Å². The molecule has 0 spiro atoms. The van der Waals surface area contributed by atoms with Crippen molar-refractivity contribution in [1.82, 2.24) is 0 Å². The predicted molar refractivity (Wildman–Crippen MR) is 50.8 cm³/mol. The van der Waals surface area contributed by atoms with Crippen LogP contribution in [0.25, 0.3) is 0 Å². The molecule has 0 saturated heterocycles. The quantitative estimate of drug-likeness (QED) is 0.403. The molecule has 0 atom stereocenters. The Balaban J connectivity index is 4.91. The van der Waals surface area contributed by atoms with E-state index in [1.807, 2.05) is 0 Å². The average Bonchev–Trinajstić information content (AvgIpc) is 2.22. The lowest BCUT2D eigenvalue weighted by atomic mass is 10.0. The van der Waals surface area contributed by atoms with Crippen molar-refractivity contribution < 1.29 is 35.5 Å². The fraction of sp³-hybridized carbons (Fsp3) is 0.800. The fourth-order valence-electron chi connectivity index (χ4n) is 0.965. The number of halogens is 7. The first kappa shape index (κ1) is 17.2. The Hall–Kier alpha value is -0.790. The lowest BCUT2D eigenvalue weighted by Crippen LogP contribution is -2.52. The second-order valence-electron chi connectivity index (χ2n) is 3.61. The van der Waals surface area contributed by atoms with E-state index < -0.39 is 30.2 Å². The lowest BCUT2D eigenvalue weighted by molar-refractivity contribution is -0.344. The molecule has 0 amide bonds. The van der Waals surface area contributed by atoms with Gasteiger partial charge in [0.1, 0.15) is 0 Å². The van der Waals surface area contributed by atoms with Crippen LogP contribution < -0.4 is 0 Å². The molecule has 0 radical (unpaired) electrons. The van der Waals surface area contributed by atoms with E-state index in [0.29, 0.717) is 19.4 Å². The van der Waals surface area contributed by atoms with E-state index in [2.05, 4.69) is 0 Å². The first-order valence-corrected chi connectivity index (χ1v) is 5.05. The molecule has 8 heteroatoms. The van der Waals surface area contributed by atoms with Crippen molar-refractivity contribution in [2.75, 3.05) is 13.2 Å². The van der Waals surface area contributed by atoms with Gasteiger partial charge in [0, 0.05) is 12.2 Å². The van der Waals surface area contributed by atoms with Gasteiger partial charge in [-0.15, -0.1) is 0 Å². The molecule has 0 fully saturated rings. The molecule has 0 aliphatic heterocycles. The SMILES string of the molecule is CCCOCC=C(C)C(F)(F)C(F)(F)C(F)(F)F. The highest BCUT2D eigenvalue weighted by Gasteiger charge is 2.73. The summed E-state index contributed by atoms with van der Waals surface area (Å²) in [5, 5.41) is 0. The van der Waals surface area contributed by atoms with Crippen LogP contribution in [0.4, 0.5) is 30.7 Å². The van der Waals surface area contributed by atoms with Gasteiger partial charge in [0.25, 0.3) is 0 Å². The summed E-state index contributed by atoms with van der Waals surface area (Å²) in [5.74, 6) is -11.4. The fourth-order valence-corrected chi connectivity index (χ4v) is 0.965. The molecular formula is C10H13F7O. The summed E-state index contributed by atoms with van der Waals surface area (Å²) in [7, 11) is 0. The number of rotatable bonds is 6. The van der Waals surface area contributed by atoms with Crippen molar-refractivity contribution in [2.24, 2.45) is 0 Å². The van der Waals surface area contributed by atoms with Crippen LogP contribution in [0.1, 0.15) is 20.3 Å². The third-order valence-corrected chi connectivity index (χ3v) is 2.10. The van der Waals surface area contributed by atoms with Crippen LogP contribution in [0.15, 0.2) is 11.6 Å². The highest BCUT2D eigenvalue weighted by Crippen LogP contribution is 2.49. The Morgan fingerprint density at radius 1 is 1.06 bits per heavy atom. The highest BCUT2D eigenvalue weighted by atomic mass is 19.4. The molecule has 0 aromatic rings. The summed E-state index contributed by atoms with van der Waals surface area (Å²) in [6.07, 6.45) is -5.22. The first-order valence-electron chi connectivity index (χ1n) is 5.05. The molecule has 0 rings (SSSR count). The van der Waals surface area contributed by atoms with Crippen LogP contribution in [0.2, 0.25) is 0 Å². The molecule has 0 aromatic heterocycles. The Morgan fingerprint density at radius 2 is 1.56 bits per heavy atom. The van der Waals surface area contributed by atoms with E-state index in [1.54, 1.807) is 6.92 Å². The Morgan fingerprint density at radius 3 is 1.94 bits per heavy atom. The van der Waals surface area contributed by atoms with Crippen molar-refractivity contribution in [1.29, 1.82) is 0 Å². The van der Waals surface area contributed by atoms with E-state index in [0.717, 1.165) is 0 Å². The van der Waals surface area contributed by atoms with Gasteiger partial charge in [0.2, 0.25) is 0 Å². The van der Waals surface area contributed by atoms with Crippen LogP contribution >= 0.6 is 0 Å². The third kappa shape index (κ3) is 3.60. The van der Waals surface area contributed by atoms with E-state index in [-0.39, 0.29) is 6.61 Å². The van der Waals surface area contributed by atoms with Crippen molar-refractivity contribution >= 4 is 0 Å². The second-order valence-corrected chi connectivity index (χ2v) is 3.61. The minimum absolute atomic E-state index is 0.199. The molecule has 18 heavy (non-hydrogen) atoms. The highest BCUT2D eigenvalue weighted by molar-refractivity contribution is 5.16. The van der Waals surface area contributed by atoms with Crippen molar-refractivity contribution in [3.8, 4) is 0 Å². The molecule has 0 unspecified atom stereocenters. The monoisotopic (exact) mass is 282 g/mol. The topological polar surface area (TPSA) is 9.23 Å². The van der Waals surface area contributed by atoms with Crippen LogP contribution in [0.3, 0.4) is 0 Å². The maximum atomic E-state index is 13.0. The standard InChI is InChI=1S/C10H13F7O/c1-3-5-18-6-4-7(2)8(11,12)9(13,14)10(15,16)17/h4H,3,5-6H2,1-2H3. The predicted octanol–water partition coefficient (Wildman–Crippen LogP) is 4.19. The normalized spacial score (nSPS) is 15.1. The molecule has 1 nitrogen and oxygen atoms in total. The number of alkyl halides is 7. The number of hydrogen-bond donors (Lipinski definition) is 0. The van der Waals surface area contributed by atoms with Crippen LogP contribution in [0, 0.1) is 0 Å². The minimum Gasteiger partial charge on any atom is -0.377 e. The molecule has 0 aliphatic rings. The second kappa shape index (κ2) is 5.90. The summed E-state index contributed by atoms with van der Waals surface area (Å²) >= 11 is 0. The number of ether oxygens (including phenoxy) is 1. The van der Waals surface area contributed by atoms with Crippen LogP contribution in [-0.4, -0.2) is 31.2 Å². The Bertz CT molecular complexity index is 293.